The van der Waals surface area contributed by atoms with E-state index >= 15 is 0 Å². The van der Waals surface area contributed by atoms with E-state index in [2.05, 4.69) is 0 Å². The van der Waals surface area contributed by atoms with Gasteiger partial charge in [0.05, 0.1) is 5.56 Å². The van der Waals surface area contributed by atoms with E-state index in [1.807, 2.05) is 0 Å². The molecule has 18 heavy (non-hydrogen) atoms. The van der Waals surface area contributed by atoms with Crippen molar-refractivity contribution in [2.45, 2.75) is 12.8 Å². The molecule has 0 bridgehead atoms. The number of aliphatic hydroxyl groups excluding tert-OH is 1. The Morgan fingerprint density at radius 2 is 2.06 bits per heavy atom. The van der Waals surface area contributed by atoms with Gasteiger partial charge in [0.1, 0.15) is 5.75 Å². The Morgan fingerprint density at radius 1 is 1.39 bits per heavy atom. The molecule has 0 atom stereocenters. The molecule has 0 radical (unpaired) electrons. The molecule has 1 fully saturated rings. The molecule has 1 aliphatic heterocycles. The maximum atomic E-state index is 12.2. The fourth-order valence-electron chi connectivity index (χ4n) is 2.17. The SMILES string of the molecule is O=C(c1cc(Cl)ccc1O)N1CCC(CO)CC1. The second kappa shape index (κ2) is 5.59. The van der Waals surface area contributed by atoms with Crippen LogP contribution in [0.2, 0.25) is 5.02 Å². The molecule has 0 spiro atoms. The summed E-state index contributed by atoms with van der Waals surface area (Å²) in [6.45, 7) is 1.39. The lowest BCUT2D eigenvalue weighted by Crippen LogP contribution is -2.39. The Kier molecular flexibility index (Phi) is 4.09. The summed E-state index contributed by atoms with van der Waals surface area (Å²) in [5.41, 5.74) is 0.241. The molecule has 0 saturated carbocycles. The average Bonchev–Trinajstić information content (AvgIpc) is 2.41. The summed E-state index contributed by atoms with van der Waals surface area (Å²) in [6.07, 6.45) is 1.59. The molecule has 0 unspecified atom stereocenters. The Hall–Kier alpha value is -1.26. The summed E-state index contributed by atoms with van der Waals surface area (Å²) in [5, 5.41) is 19.2. The van der Waals surface area contributed by atoms with Crippen molar-refractivity contribution in [3.63, 3.8) is 0 Å². The third-order valence-electron chi connectivity index (χ3n) is 3.35. The standard InChI is InChI=1S/C13H16ClNO3/c14-10-1-2-12(17)11(7-10)13(18)15-5-3-9(8-16)4-6-15/h1-2,7,9,16-17H,3-6,8H2. The van der Waals surface area contributed by atoms with Gasteiger partial charge in [0.25, 0.3) is 5.91 Å². The smallest absolute Gasteiger partial charge is 0.257 e. The predicted octanol–water partition coefficient (Wildman–Crippen LogP) is 1.89. The molecule has 4 nitrogen and oxygen atoms in total. The van der Waals surface area contributed by atoms with E-state index in [1.165, 1.54) is 12.1 Å². The van der Waals surface area contributed by atoms with Gasteiger partial charge in [-0.2, -0.15) is 0 Å². The van der Waals surface area contributed by atoms with Gasteiger partial charge >= 0.3 is 0 Å². The highest BCUT2D eigenvalue weighted by atomic mass is 35.5. The van der Waals surface area contributed by atoms with Crippen molar-refractivity contribution in [2.24, 2.45) is 5.92 Å². The summed E-state index contributed by atoms with van der Waals surface area (Å²) < 4.78 is 0. The molecular weight excluding hydrogens is 254 g/mol. The lowest BCUT2D eigenvalue weighted by Gasteiger charge is -2.31. The fourth-order valence-corrected chi connectivity index (χ4v) is 2.34. The number of halogens is 1. The maximum absolute atomic E-state index is 12.2. The summed E-state index contributed by atoms with van der Waals surface area (Å²) in [5.74, 6) is 0.0297. The number of phenolic OH excluding ortho intramolecular Hbond substituents is 1. The number of rotatable bonds is 2. The van der Waals surface area contributed by atoms with Crippen molar-refractivity contribution < 1.29 is 15.0 Å². The third-order valence-corrected chi connectivity index (χ3v) is 3.58. The highest BCUT2D eigenvalue weighted by Gasteiger charge is 2.24. The van der Waals surface area contributed by atoms with Crippen LogP contribution in [0.15, 0.2) is 18.2 Å². The first-order valence-electron chi connectivity index (χ1n) is 6.00. The summed E-state index contributed by atoms with van der Waals surface area (Å²) in [4.78, 5) is 13.9. The monoisotopic (exact) mass is 269 g/mol. The molecule has 1 aromatic rings. The zero-order chi connectivity index (χ0) is 13.1. The minimum absolute atomic E-state index is 0.0475. The van der Waals surface area contributed by atoms with Gasteiger partial charge in [-0.05, 0) is 37.0 Å². The topological polar surface area (TPSA) is 60.8 Å². The maximum Gasteiger partial charge on any atom is 0.257 e. The van der Waals surface area contributed by atoms with Crippen LogP contribution in [0.5, 0.6) is 5.75 Å². The van der Waals surface area contributed by atoms with Gasteiger partial charge in [-0.3, -0.25) is 4.79 Å². The number of likely N-dealkylation sites (tertiary alicyclic amines) is 1. The number of hydrogen-bond acceptors (Lipinski definition) is 3. The third kappa shape index (κ3) is 2.76. The highest BCUT2D eigenvalue weighted by Crippen LogP contribution is 2.25. The van der Waals surface area contributed by atoms with E-state index in [0.29, 0.717) is 18.1 Å². The molecular formula is C13H16ClNO3. The van der Waals surface area contributed by atoms with Crippen LogP contribution in [0.1, 0.15) is 23.2 Å². The van der Waals surface area contributed by atoms with Crippen LogP contribution in [0.3, 0.4) is 0 Å². The molecule has 0 aromatic heterocycles. The van der Waals surface area contributed by atoms with Crippen LogP contribution >= 0.6 is 11.6 Å². The Morgan fingerprint density at radius 3 is 2.67 bits per heavy atom. The number of hydrogen-bond donors (Lipinski definition) is 2. The average molecular weight is 270 g/mol. The first kappa shape index (κ1) is 13.2. The number of carbonyl (C=O) groups is 1. The van der Waals surface area contributed by atoms with Gasteiger partial charge in [0.15, 0.2) is 0 Å². The summed E-state index contributed by atoms with van der Waals surface area (Å²) >= 11 is 5.83. The number of nitrogens with zero attached hydrogens (tertiary/aromatic N) is 1. The number of amides is 1. The van der Waals surface area contributed by atoms with Crippen molar-refractivity contribution in [1.82, 2.24) is 4.90 Å². The van der Waals surface area contributed by atoms with E-state index < -0.39 is 0 Å². The van der Waals surface area contributed by atoms with Crippen molar-refractivity contribution in [3.05, 3.63) is 28.8 Å². The number of phenols is 1. The van der Waals surface area contributed by atoms with Crippen LogP contribution in [0.4, 0.5) is 0 Å². The summed E-state index contributed by atoms with van der Waals surface area (Å²) in [7, 11) is 0. The molecule has 5 heteroatoms. The van der Waals surface area contributed by atoms with E-state index in [1.54, 1.807) is 11.0 Å². The van der Waals surface area contributed by atoms with E-state index in [4.69, 9.17) is 16.7 Å². The molecule has 1 aliphatic rings. The first-order valence-corrected chi connectivity index (χ1v) is 6.38. The molecule has 1 saturated heterocycles. The van der Waals surface area contributed by atoms with Crippen molar-refractivity contribution in [1.29, 1.82) is 0 Å². The van der Waals surface area contributed by atoms with Gasteiger partial charge in [0.2, 0.25) is 0 Å². The van der Waals surface area contributed by atoms with E-state index in [0.717, 1.165) is 12.8 Å². The minimum Gasteiger partial charge on any atom is -0.507 e. The van der Waals surface area contributed by atoms with Crippen LogP contribution < -0.4 is 0 Å². The fraction of sp³-hybridized carbons (Fsp3) is 0.462. The molecule has 1 aromatic carbocycles. The Labute approximate surface area is 111 Å². The Bertz CT molecular complexity index is 442. The number of aliphatic hydroxyl groups is 1. The first-order chi connectivity index (χ1) is 8.61. The number of benzene rings is 1. The Balaban J connectivity index is 2.10. The normalized spacial score (nSPS) is 16.9. The molecule has 2 rings (SSSR count). The lowest BCUT2D eigenvalue weighted by atomic mass is 9.97. The van der Waals surface area contributed by atoms with Crippen LogP contribution in [0.25, 0.3) is 0 Å². The van der Waals surface area contributed by atoms with Crippen LogP contribution in [-0.4, -0.2) is 40.7 Å². The molecule has 98 valence electrons. The van der Waals surface area contributed by atoms with Crippen molar-refractivity contribution >= 4 is 17.5 Å². The van der Waals surface area contributed by atoms with Gasteiger partial charge in [0, 0.05) is 24.7 Å². The van der Waals surface area contributed by atoms with E-state index in [-0.39, 0.29) is 29.7 Å². The minimum atomic E-state index is -0.202. The van der Waals surface area contributed by atoms with E-state index in [9.17, 15) is 9.90 Å². The zero-order valence-electron chi connectivity index (χ0n) is 9.97. The second-order valence-electron chi connectivity index (χ2n) is 4.58. The highest BCUT2D eigenvalue weighted by molar-refractivity contribution is 6.31. The second-order valence-corrected chi connectivity index (χ2v) is 5.02. The number of carbonyl (C=O) groups excluding carboxylic acids is 1. The van der Waals surface area contributed by atoms with Crippen molar-refractivity contribution in [2.75, 3.05) is 19.7 Å². The number of piperidine rings is 1. The van der Waals surface area contributed by atoms with Gasteiger partial charge in [-0.15, -0.1) is 0 Å². The van der Waals surface area contributed by atoms with Gasteiger partial charge < -0.3 is 15.1 Å². The van der Waals surface area contributed by atoms with Crippen molar-refractivity contribution in [3.8, 4) is 5.75 Å². The quantitative estimate of drug-likeness (QED) is 0.862. The van der Waals surface area contributed by atoms with Gasteiger partial charge in [-0.25, -0.2) is 0 Å². The molecule has 1 heterocycles. The van der Waals surface area contributed by atoms with Crippen LogP contribution in [0, 0.1) is 5.92 Å². The van der Waals surface area contributed by atoms with Gasteiger partial charge in [-0.1, -0.05) is 11.6 Å². The summed E-state index contributed by atoms with van der Waals surface area (Å²) in [6, 6.07) is 4.46. The largest absolute Gasteiger partial charge is 0.507 e. The lowest BCUT2D eigenvalue weighted by molar-refractivity contribution is 0.0648. The molecule has 1 amide bonds. The predicted molar refractivity (Wildman–Crippen MR) is 68.8 cm³/mol. The number of aromatic hydroxyl groups is 1. The zero-order valence-corrected chi connectivity index (χ0v) is 10.7. The molecule has 2 N–H and O–H groups in total. The molecule has 0 aliphatic carbocycles. The van der Waals surface area contributed by atoms with Crippen LogP contribution in [-0.2, 0) is 0 Å².